The molecule has 19 heavy (non-hydrogen) atoms. The minimum atomic E-state index is -3.36. The summed E-state index contributed by atoms with van der Waals surface area (Å²) in [5.74, 6) is 0.582. The Balaban J connectivity index is 2.59. The molecule has 0 aliphatic carbocycles. The molecule has 1 rings (SSSR count). The van der Waals surface area contributed by atoms with E-state index in [9.17, 15) is 8.42 Å². The SMILES string of the molecule is CNCC1CCN(S(=O)(=O)N(C)C(C)COC)CC1. The fourth-order valence-corrected chi connectivity index (χ4v) is 3.94. The van der Waals surface area contributed by atoms with E-state index < -0.39 is 10.2 Å². The van der Waals surface area contributed by atoms with Crippen molar-refractivity contribution in [2.75, 3.05) is 47.4 Å². The highest BCUT2D eigenvalue weighted by Gasteiger charge is 2.32. The average molecular weight is 293 g/mol. The van der Waals surface area contributed by atoms with Gasteiger partial charge in [-0.15, -0.1) is 0 Å². The molecule has 114 valence electrons. The molecule has 0 amide bonds. The van der Waals surface area contributed by atoms with E-state index in [2.05, 4.69) is 5.32 Å². The van der Waals surface area contributed by atoms with Crippen molar-refractivity contribution in [2.45, 2.75) is 25.8 Å². The highest BCUT2D eigenvalue weighted by Crippen LogP contribution is 2.21. The topological polar surface area (TPSA) is 61.9 Å². The van der Waals surface area contributed by atoms with Gasteiger partial charge in [0.05, 0.1) is 6.61 Å². The summed E-state index contributed by atoms with van der Waals surface area (Å²) in [4.78, 5) is 0. The van der Waals surface area contributed by atoms with E-state index in [1.54, 1.807) is 18.5 Å². The normalized spacial score (nSPS) is 20.9. The van der Waals surface area contributed by atoms with Crippen molar-refractivity contribution < 1.29 is 13.2 Å². The first-order valence-electron chi connectivity index (χ1n) is 6.80. The van der Waals surface area contributed by atoms with Crippen molar-refractivity contribution in [3.8, 4) is 0 Å². The molecule has 0 saturated carbocycles. The highest BCUT2D eigenvalue weighted by molar-refractivity contribution is 7.86. The van der Waals surface area contributed by atoms with Gasteiger partial charge < -0.3 is 10.1 Å². The molecule has 0 spiro atoms. The van der Waals surface area contributed by atoms with Gasteiger partial charge in [-0.1, -0.05) is 0 Å². The molecular weight excluding hydrogens is 266 g/mol. The maximum absolute atomic E-state index is 12.4. The van der Waals surface area contributed by atoms with Crippen molar-refractivity contribution in [2.24, 2.45) is 5.92 Å². The van der Waals surface area contributed by atoms with Gasteiger partial charge in [-0.25, -0.2) is 0 Å². The maximum atomic E-state index is 12.4. The molecule has 7 heteroatoms. The largest absolute Gasteiger partial charge is 0.383 e. The second-order valence-electron chi connectivity index (χ2n) is 5.23. The molecule has 0 aromatic rings. The molecular formula is C12H27N3O3S. The molecule has 1 aliphatic heterocycles. The molecule has 1 fully saturated rings. The fraction of sp³-hybridized carbons (Fsp3) is 1.00. The standard InChI is InChI=1S/C12H27N3O3S/c1-11(10-18-4)14(3)19(16,17)15-7-5-12(6-8-15)9-13-2/h11-13H,5-10H2,1-4H3. The van der Waals surface area contributed by atoms with Crippen molar-refractivity contribution in [3.05, 3.63) is 0 Å². The quantitative estimate of drug-likeness (QED) is 0.725. The molecule has 6 nitrogen and oxygen atoms in total. The number of rotatable bonds is 7. The summed E-state index contributed by atoms with van der Waals surface area (Å²) >= 11 is 0. The number of hydrogen-bond acceptors (Lipinski definition) is 4. The first-order chi connectivity index (χ1) is 8.93. The van der Waals surface area contributed by atoms with Gasteiger partial charge in [0, 0.05) is 33.3 Å². The lowest BCUT2D eigenvalue weighted by atomic mass is 9.98. The summed E-state index contributed by atoms with van der Waals surface area (Å²) in [5.41, 5.74) is 0. The van der Waals surface area contributed by atoms with Crippen LogP contribution in [0.5, 0.6) is 0 Å². The zero-order valence-corrected chi connectivity index (χ0v) is 13.2. The van der Waals surface area contributed by atoms with Crippen LogP contribution in [0, 0.1) is 5.92 Å². The molecule has 1 N–H and O–H groups in total. The van der Waals surface area contributed by atoms with Crippen LogP contribution < -0.4 is 5.32 Å². The Labute approximate surface area is 117 Å². The zero-order chi connectivity index (χ0) is 14.5. The van der Waals surface area contributed by atoms with Crippen molar-refractivity contribution >= 4 is 10.2 Å². The first-order valence-corrected chi connectivity index (χ1v) is 8.19. The van der Waals surface area contributed by atoms with Crippen molar-refractivity contribution in [1.82, 2.24) is 13.9 Å². The molecule has 1 unspecified atom stereocenters. The lowest BCUT2D eigenvalue weighted by molar-refractivity contribution is 0.144. The average Bonchev–Trinajstić information content (AvgIpc) is 2.39. The summed E-state index contributed by atoms with van der Waals surface area (Å²) in [6, 6.07) is -0.148. The van der Waals surface area contributed by atoms with Gasteiger partial charge in [0.2, 0.25) is 0 Å². The molecule has 0 aromatic heterocycles. The Kier molecular flexibility index (Phi) is 6.68. The van der Waals surface area contributed by atoms with Crippen LogP contribution >= 0.6 is 0 Å². The van der Waals surface area contributed by atoms with Crippen LogP contribution in [0.15, 0.2) is 0 Å². The van der Waals surface area contributed by atoms with Gasteiger partial charge in [0.1, 0.15) is 0 Å². The summed E-state index contributed by atoms with van der Waals surface area (Å²) in [5, 5.41) is 3.15. The van der Waals surface area contributed by atoms with Crippen LogP contribution in [0.2, 0.25) is 0 Å². The Morgan fingerprint density at radius 3 is 2.47 bits per heavy atom. The van der Waals surface area contributed by atoms with Crippen molar-refractivity contribution in [1.29, 1.82) is 0 Å². The number of nitrogens with zero attached hydrogens (tertiary/aromatic N) is 2. The molecule has 1 atom stereocenters. The number of hydrogen-bond donors (Lipinski definition) is 1. The molecule has 1 saturated heterocycles. The highest BCUT2D eigenvalue weighted by atomic mass is 32.2. The summed E-state index contributed by atoms with van der Waals surface area (Å²) in [6.45, 7) is 4.45. The minimum Gasteiger partial charge on any atom is -0.383 e. The second kappa shape index (κ2) is 7.54. The van der Waals surface area contributed by atoms with Crippen molar-refractivity contribution in [3.63, 3.8) is 0 Å². The van der Waals surface area contributed by atoms with E-state index in [0.717, 1.165) is 19.4 Å². The Morgan fingerprint density at radius 2 is 2.00 bits per heavy atom. The van der Waals surface area contributed by atoms with Crippen LogP contribution in [0.1, 0.15) is 19.8 Å². The third-order valence-electron chi connectivity index (χ3n) is 3.79. The number of piperidine rings is 1. The Bertz CT molecular complexity index is 353. The molecule has 1 heterocycles. The summed E-state index contributed by atoms with van der Waals surface area (Å²) in [6.07, 6.45) is 1.85. The zero-order valence-electron chi connectivity index (χ0n) is 12.4. The molecule has 0 radical (unpaired) electrons. The smallest absolute Gasteiger partial charge is 0.282 e. The minimum absolute atomic E-state index is 0.148. The van der Waals surface area contributed by atoms with Crippen LogP contribution in [0.3, 0.4) is 0 Å². The predicted molar refractivity (Wildman–Crippen MR) is 76.2 cm³/mol. The van der Waals surface area contributed by atoms with Crippen LogP contribution in [-0.4, -0.2) is 70.5 Å². The van der Waals surface area contributed by atoms with E-state index in [1.807, 2.05) is 14.0 Å². The lowest BCUT2D eigenvalue weighted by Gasteiger charge is -2.35. The van der Waals surface area contributed by atoms with Gasteiger partial charge in [0.15, 0.2) is 0 Å². The van der Waals surface area contributed by atoms with E-state index in [-0.39, 0.29) is 6.04 Å². The van der Waals surface area contributed by atoms with Crippen LogP contribution in [0.25, 0.3) is 0 Å². The Morgan fingerprint density at radius 1 is 1.42 bits per heavy atom. The second-order valence-corrected chi connectivity index (χ2v) is 7.22. The number of methoxy groups -OCH3 is 1. The van der Waals surface area contributed by atoms with Gasteiger partial charge in [-0.3, -0.25) is 0 Å². The van der Waals surface area contributed by atoms with Gasteiger partial charge in [-0.05, 0) is 39.3 Å². The van der Waals surface area contributed by atoms with Gasteiger partial charge >= 0.3 is 0 Å². The Hall–Kier alpha value is -0.210. The van der Waals surface area contributed by atoms with Gasteiger partial charge in [0.25, 0.3) is 10.2 Å². The number of nitrogens with one attached hydrogen (secondary N) is 1. The van der Waals surface area contributed by atoms with Gasteiger partial charge in [-0.2, -0.15) is 17.0 Å². The maximum Gasteiger partial charge on any atom is 0.282 e. The van der Waals surface area contributed by atoms with E-state index in [4.69, 9.17) is 4.74 Å². The summed E-state index contributed by atoms with van der Waals surface area (Å²) < 4.78 is 32.9. The third-order valence-corrected chi connectivity index (χ3v) is 5.89. The molecule has 0 bridgehead atoms. The van der Waals surface area contributed by atoms with E-state index >= 15 is 0 Å². The molecule has 0 aromatic carbocycles. The van der Waals surface area contributed by atoms with E-state index in [0.29, 0.717) is 25.6 Å². The number of ether oxygens (including phenoxy) is 1. The third kappa shape index (κ3) is 4.39. The first kappa shape index (κ1) is 16.8. The van der Waals surface area contributed by atoms with Crippen LogP contribution in [0.4, 0.5) is 0 Å². The number of likely N-dealkylation sites (N-methyl/N-ethyl adjacent to an activating group) is 1. The predicted octanol–water partition coefficient (Wildman–Crippen LogP) is 0.129. The van der Waals surface area contributed by atoms with Crippen LogP contribution in [-0.2, 0) is 14.9 Å². The molecule has 1 aliphatic rings. The fourth-order valence-electron chi connectivity index (χ4n) is 2.39. The monoisotopic (exact) mass is 293 g/mol. The lowest BCUT2D eigenvalue weighted by Crippen LogP contribution is -2.49. The summed E-state index contributed by atoms with van der Waals surface area (Å²) in [7, 11) is 1.79. The van der Waals surface area contributed by atoms with E-state index in [1.165, 1.54) is 4.31 Å².